The summed E-state index contributed by atoms with van der Waals surface area (Å²) < 4.78 is 28.1. The Morgan fingerprint density at radius 1 is 1.14 bits per heavy atom. The Kier molecular flexibility index (Phi) is 4.56. The van der Waals surface area contributed by atoms with E-state index in [1.807, 2.05) is 0 Å². The van der Waals surface area contributed by atoms with E-state index in [0.29, 0.717) is 5.57 Å². The van der Waals surface area contributed by atoms with Gasteiger partial charge in [-0.1, -0.05) is 48.3 Å². The van der Waals surface area contributed by atoms with E-state index in [1.54, 1.807) is 0 Å². The molecule has 0 fully saturated rings. The average Bonchev–Trinajstić information content (AvgIpc) is 2.41. The molecule has 0 heterocycles. The molecule has 0 saturated carbocycles. The first-order chi connectivity index (χ1) is 9.81. The van der Waals surface area contributed by atoms with Gasteiger partial charge in [0.1, 0.15) is 4.90 Å². The van der Waals surface area contributed by atoms with Crippen molar-refractivity contribution in [1.82, 2.24) is 0 Å². The molecule has 110 valence electrons. The van der Waals surface area contributed by atoms with Crippen LogP contribution in [0.1, 0.15) is 6.92 Å². The Balaban J connectivity index is 2.42. The van der Waals surface area contributed by atoms with E-state index < -0.39 is 10.0 Å². The van der Waals surface area contributed by atoms with Crippen LogP contribution in [0.3, 0.4) is 0 Å². The molecule has 0 atom stereocenters. The van der Waals surface area contributed by atoms with Crippen molar-refractivity contribution in [2.45, 2.75) is 11.8 Å². The summed E-state index contributed by atoms with van der Waals surface area (Å²) in [6.45, 7) is 1.43. The van der Waals surface area contributed by atoms with E-state index in [4.69, 9.17) is 23.2 Å². The first kappa shape index (κ1) is 15.8. The van der Waals surface area contributed by atoms with Gasteiger partial charge in [0.25, 0.3) is 10.0 Å². The lowest BCUT2D eigenvalue weighted by Gasteiger charge is -2.11. The van der Waals surface area contributed by atoms with Crippen LogP contribution < -0.4 is 5.11 Å². The molecule has 0 spiro atoms. The van der Waals surface area contributed by atoms with Crippen LogP contribution in [-0.2, 0) is 10.0 Å². The molecule has 0 aromatic heterocycles. The highest BCUT2D eigenvalue weighted by atomic mass is 35.5. The van der Waals surface area contributed by atoms with Gasteiger partial charge >= 0.3 is 0 Å². The Morgan fingerprint density at radius 2 is 1.76 bits per heavy atom. The van der Waals surface area contributed by atoms with Crippen LogP contribution in [0.15, 0.2) is 63.1 Å². The van der Waals surface area contributed by atoms with Gasteiger partial charge in [0.15, 0.2) is 0 Å². The molecule has 2 rings (SSSR count). The van der Waals surface area contributed by atoms with Gasteiger partial charge in [0, 0.05) is 0 Å². The predicted molar refractivity (Wildman–Crippen MR) is 82.1 cm³/mol. The highest BCUT2D eigenvalue weighted by molar-refractivity contribution is 7.90. The van der Waals surface area contributed by atoms with E-state index in [0.717, 1.165) is 0 Å². The average molecular weight is 343 g/mol. The summed E-state index contributed by atoms with van der Waals surface area (Å²) in [7, 11) is -3.98. The third-order valence-corrected chi connectivity index (χ3v) is 4.97. The number of halogens is 2. The Bertz CT molecular complexity index is 784. The Hall–Kier alpha value is -1.56. The molecule has 1 aromatic carbocycles. The zero-order valence-electron chi connectivity index (χ0n) is 10.9. The van der Waals surface area contributed by atoms with Crippen molar-refractivity contribution < 1.29 is 13.5 Å². The molecule has 0 bridgehead atoms. The fourth-order valence-corrected chi connectivity index (χ4v) is 3.36. The van der Waals surface area contributed by atoms with E-state index >= 15 is 0 Å². The van der Waals surface area contributed by atoms with Crippen LogP contribution in [0.5, 0.6) is 0 Å². The van der Waals surface area contributed by atoms with Gasteiger partial charge in [-0.3, -0.25) is 0 Å². The van der Waals surface area contributed by atoms with Crippen LogP contribution in [0, 0.1) is 0 Å². The van der Waals surface area contributed by atoms with Gasteiger partial charge in [-0.25, -0.2) is 0 Å². The van der Waals surface area contributed by atoms with Gasteiger partial charge < -0.3 is 5.11 Å². The maximum atomic E-state index is 12.2. The Labute approximate surface area is 132 Å². The summed E-state index contributed by atoms with van der Waals surface area (Å²) in [4.78, 5) is -0.160. The minimum atomic E-state index is -3.98. The first-order valence-corrected chi connectivity index (χ1v) is 8.04. The van der Waals surface area contributed by atoms with E-state index in [9.17, 15) is 13.5 Å². The summed E-state index contributed by atoms with van der Waals surface area (Å²) in [5, 5.41) is 11.2. The van der Waals surface area contributed by atoms with Crippen LogP contribution in [0.2, 0.25) is 10.0 Å². The topological polar surface area (TPSA) is 69.6 Å². The maximum absolute atomic E-state index is 12.2. The third-order valence-electron chi connectivity index (χ3n) is 2.69. The largest absolute Gasteiger partial charge is 0.875 e. The van der Waals surface area contributed by atoms with Crippen LogP contribution >= 0.6 is 23.2 Å². The lowest BCUT2D eigenvalue weighted by atomic mass is 10.1. The number of rotatable bonds is 2. The van der Waals surface area contributed by atoms with Crippen molar-refractivity contribution in [2.75, 3.05) is 0 Å². The number of benzene rings is 1. The first-order valence-electron chi connectivity index (χ1n) is 5.84. The fraction of sp³-hybridized carbons (Fsp3) is 0.0714. The molecule has 1 aliphatic rings. The zero-order valence-corrected chi connectivity index (χ0v) is 13.2. The van der Waals surface area contributed by atoms with Crippen molar-refractivity contribution in [3.63, 3.8) is 0 Å². The second-order valence-corrected chi connectivity index (χ2v) is 6.58. The van der Waals surface area contributed by atoms with E-state index in [1.165, 1.54) is 49.4 Å². The number of allylic oxidation sites excluding steroid dienone is 6. The van der Waals surface area contributed by atoms with Gasteiger partial charge in [0.2, 0.25) is 0 Å². The summed E-state index contributed by atoms with van der Waals surface area (Å²) >= 11 is 11.7. The van der Waals surface area contributed by atoms with Crippen molar-refractivity contribution in [2.24, 2.45) is 4.40 Å². The fourth-order valence-electron chi connectivity index (χ4n) is 1.63. The summed E-state index contributed by atoms with van der Waals surface area (Å²) in [5.74, 6) is -0.109. The molecule has 1 aromatic rings. The van der Waals surface area contributed by atoms with E-state index in [-0.39, 0.29) is 26.4 Å². The smallest absolute Gasteiger partial charge is 0.284 e. The molecule has 0 unspecified atom stereocenters. The van der Waals surface area contributed by atoms with Gasteiger partial charge in [-0.05, 0) is 29.9 Å². The van der Waals surface area contributed by atoms with Crippen molar-refractivity contribution in [1.29, 1.82) is 0 Å². The summed E-state index contributed by atoms with van der Waals surface area (Å²) in [5.41, 5.74) is 0.683. The SMILES string of the molecule is CC([O-])=C1C=CC(=NS(=O)(=O)c2cccc(Cl)c2Cl)C=C1. The monoisotopic (exact) mass is 342 g/mol. The van der Waals surface area contributed by atoms with Gasteiger partial charge in [0.05, 0.1) is 15.8 Å². The van der Waals surface area contributed by atoms with Crippen molar-refractivity contribution >= 4 is 38.9 Å². The third kappa shape index (κ3) is 3.56. The molecule has 21 heavy (non-hydrogen) atoms. The molecule has 0 radical (unpaired) electrons. The summed E-state index contributed by atoms with van der Waals surface area (Å²) in [6.07, 6.45) is 5.92. The number of nitrogens with zero attached hydrogens (tertiary/aromatic N) is 1. The van der Waals surface area contributed by atoms with Crippen LogP contribution in [0.4, 0.5) is 0 Å². The number of hydrogen-bond acceptors (Lipinski definition) is 3. The molecule has 4 nitrogen and oxygen atoms in total. The van der Waals surface area contributed by atoms with Crippen molar-refractivity contribution in [3.8, 4) is 0 Å². The summed E-state index contributed by atoms with van der Waals surface area (Å²) in [6, 6.07) is 4.30. The molecule has 0 aliphatic heterocycles. The maximum Gasteiger partial charge on any atom is 0.284 e. The molecule has 0 saturated heterocycles. The van der Waals surface area contributed by atoms with Crippen LogP contribution in [-0.4, -0.2) is 14.1 Å². The van der Waals surface area contributed by atoms with Crippen LogP contribution in [0.25, 0.3) is 0 Å². The minimum absolute atomic E-state index is 0.0664. The molecule has 0 amide bonds. The molecule has 1 aliphatic carbocycles. The highest BCUT2D eigenvalue weighted by Gasteiger charge is 2.19. The molecular weight excluding hydrogens is 333 g/mol. The zero-order chi connectivity index (χ0) is 15.6. The minimum Gasteiger partial charge on any atom is -0.875 e. The van der Waals surface area contributed by atoms with Gasteiger partial charge in [-0.2, -0.15) is 12.8 Å². The van der Waals surface area contributed by atoms with Crippen molar-refractivity contribution in [3.05, 3.63) is 63.9 Å². The number of hydrogen-bond donors (Lipinski definition) is 0. The lowest BCUT2D eigenvalue weighted by molar-refractivity contribution is -0.302. The molecular formula is C14H10Cl2NO3S-. The lowest BCUT2D eigenvalue weighted by Crippen LogP contribution is -2.06. The normalized spacial score (nSPS) is 14.4. The second kappa shape index (κ2) is 6.05. The molecule has 7 heteroatoms. The Morgan fingerprint density at radius 3 is 2.33 bits per heavy atom. The second-order valence-electron chi connectivity index (χ2n) is 4.22. The number of sulfonamides is 1. The predicted octanol–water partition coefficient (Wildman–Crippen LogP) is 2.88. The molecule has 0 N–H and O–H groups in total. The van der Waals surface area contributed by atoms with Gasteiger partial charge in [-0.15, -0.1) is 5.76 Å². The standard InChI is InChI=1S/C14H11Cl2NO3S/c1-9(18)10-5-7-11(8-6-10)17-21(19,20)13-4-2-3-12(15)14(13)16/h2-8,18H,1H3/p-1. The quantitative estimate of drug-likeness (QED) is 0.776. The van der Waals surface area contributed by atoms with E-state index in [2.05, 4.69) is 4.40 Å². The highest BCUT2D eigenvalue weighted by Crippen LogP contribution is 2.30.